The number of rotatable bonds is 7. The number of benzene rings is 1. The van der Waals surface area contributed by atoms with Gasteiger partial charge in [-0.25, -0.2) is 4.79 Å². The molecule has 2 fully saturated rings. The molecular weight excluding hydrogens is 442 g/mol. The molecule has 1 aliphatic carbocycles. The standard InChI is InChI=1S/C24H33N3O7/c1-23(2,3)15-8-10-24(11-9-15)21(30)27(22(31)26-24)13-20(29)34-14-19(28)25-17-12-16(32-4)6-7-18(17)33-5/h6-7,12,15H,8-11,13-14H2,1-5H3,(H,25,28)(H,26,31). The van der Waals surface area contributed by atoms with Crippen LogP contribution in [0.25, 0.3) is 0 Å². The van der Waals surface area contributed by atoms with Gasteiger partial charge in [0.05, 0.1) is 19.9 Å². The van der Waals surface area contributed by atoms with Crippen molar-refractivity contribution in [3.05, 3.63) is 18.2 Å². The van der Waals surface area contributed by atoms with Crippen molar-refractivity contribution >= 4 is 29.5 Å². The molecule has 2 aliphatic rings. The summed E-state index contributed by atoms with van der Waals surface area (Å²) < 4.78 is 15.3. The lowest BCUT2D eigenvalue weighted by atomic mass is 9.67. The van der Waals surface area contributed by atoms with Gasteiger partial charge in [-0.15, -0.1) is 0 Å². The fraction of sp³-hybridized carbons (Fsp3) is 0.583. The molecule has 1 saturated heterocycles. The van der Waals surface area contributed by atoms with Crippen molar-refractivity contribution < 1.29 is 33.4 Å². The molecule has 3 rings (SSSR count). The van der Waals surface area contributed by atoms with Gasteiger partial charge in [0.1, 0.15) is 23.6 Å². The van der Waals surface area contributed by atoms with Crippen LogP contribution in [0.3, 0.4) is 0 Å². The lowest BCUT2D eigenvalue weighted by Gasteiger charge is -2.40. The normalized spacial score (nSPS) is 22.4. The second-order valence-corrected chi connectivity index (χ2v) is 9.82. The summed E-state index contributed by atoms with van der Waals surface area (Å²) in [5, 5.41) is 5.38. The Morgan fingerprint density at radius 1 is 1.15 bits per heavy atom. The van der Waals surface area contributed by atoms with E-state index < -0.39 is 42.5 Å². The van der Waals surface area contributed by atoms with Gasteiger partial charge < -0.3 is 24.8 Å². The summed E-state index contributed by atoms with van der Waals surface area (Å²) in [6.45, 7) is 5.39. The van der Waals surface area contributed by atoms with Crippen LogP contribution in [0.1, 0.15) is 46.5 Å². The first-order valence-corrected chi connectivity index (χ1v) is 11.3. The van der Waals surface area contributed by atoms with E-state index in [2.05, 4.69) is 31.4 Å². The lowest BCUT2D eigenvalue weighted by Crippen LogP contribution is -2.50. The number of ether oxygens (including phenoxy) is 3. The van der Waals surface area contributed by atoms with Crippen LogP contribution in [0.5, 0.6) is 11.5 Å². The molecule has 10 heteroatoms. The van der Waals surface area contributed by atoms with E-state index in [0.29, 0.717) is 35.9 Å². The van der Waals surface area contributed by atoms with Gasteiger partial charge in [-0.1, -0.05) is 20.8 Å². The fourth-order valence-electron chi connectivity index (χ4n) is 4.55. The Labute approximate surface area is 199 Å². The van der Waals surface area contributed by atoms with E-state index in [0.717, 1.165) is 17.7 Å². The molecule has 0 unspecified atom stereocenters. The third-order valence-electron chi connectivity index (χ3n) is 6.64. The Morgan fingerprint density at radius 2 is 1.82 bits per heavy atom. The zero-order chi connectivity index (χ0) is 25.1. The fourth-order valence-corrected chi connectivity index (χ4v) is 4.55. The number of imide groups is 1. The van der Waals surface area contributed by atoms with Gasteiger partial charge in [0, 0.05) is 6.07 Å². The molecule has 1 saturated carbocycles. The Bertz CT molecular complexity index is 962. The van der Waals surface area contributed by atoms with E-state index in [1.54, 1.807) is 18.2 Å². The molecule has 0 bridgehead atoms. The minimum atomic E-state index is -0.959. The smallest absolute Gasteiger partial charge is 0.326 e. The number of hydrogen-bond donors (Lipinski definition) is 2. The highest BCUT2D eigenvalue weighted by Crippen LogP contribution is 2.43. The predicted octanol–water partition coefficient (Wildman–Crippen LogP) is 2.71. The first-order chi connectivity index (χ1) is 16.0. The summed E-state index contributed by atoms with van der Waals surface area (Å²) >= 11 is 0. The number of urea groups is 1. The number of esters is 1. The Balaban J connectivity index is 1.53. The highest BCUT2D eigenvalue weighted by molar-refractivity contribution is 6.08. The molecule has 1 heterocycles. The molecule has 0 aromatic heterocycles. The van der Waals surface area contributed by atoms with Gasteiger partial charge in [-0.2, -0.15) is 0 Å². The average molecular weight is 476 g/mol. The number of amides is 4. The summed E-state index contributed by atoms with van der Waals surface area (Å²) in [7, 11) is 2.95. The maximum atomic E-state index is 13.0. The Hall–Kier alpha value is -3.30. The van der Waals surface area contributed by atoms with Crippen molar-refractivity contribution in [1.29, 1.82) is 0 Å². The number of hydrogen-bond acceptors (Lipinski definition) is 7. The molecule has 1 aliphatic heterocycles. The first-order valence-electron chi connectivity index (χ1n) is 11.3. The van der Waals surface area contributed by atoms with Crippen molar-refractivity contribution in [2.45, 2.75) is 52.0 Å². The van der Waals surface area contributed by atoms with E-state index in [9.17, 15) is 19.2 Å². The van der Waals surface area contributed by atoms with Crippen molar-refractivity contribution in [2.24, 2.45) is 11.3 Å². The molecule has 1 aromatic rings. The van der Waals surface area contributed by atoms with Crippen LogP contribution >= 0.6 is 0 Å². The van der Waals surface area contributed by atoms with E-state index in [1.807, 2.05) is 0 Å². The quantitative estimate of drug-likeness (QED) is 0.459. The summed E-state index contributed by atoms with van der Waals surface area (Å²) in [5.74, 6) is -0.481. The minimum absolute atomic E-state index is 0.131. The highest BCUT2D eigenvalue weighted by atomic mass is 16.5. The van der Waals surface area contributed by atoms with Crippen molar-refractivity contribution in [2.75, 3.05) is 32.7 Å². The number of carbonyl (C=O) groups excluding carboxylic acids is 4. The first kappa shape index (κ1) is 25.3. The van der Waals surface area contributed by atoms with Gasteiger partial charge in [-0.3, -0.25) is 19.3 Å². The molecule has 0 atom stereocenters. The topological polar surface area (TPSA) is 123 Å². The predicted molar refractivity (Wildman–Crippen MR) is 124 cm³/mol. The van der Waals surface area contributed by atoms with Crippen LogP contribution in [0.2, 0.25) is 0 Å². The van der Waals surface area contributed by atoms with Gasteiger partial charge in [-0.05, 0) is 49.1 Å². The van der Waals surface area contributed by atoms with E-state index in [1.165, 1.54) is 14.2 Å². The third kappa shape index (κ3) is 5.43. The number of nitrogens with zero attached hydrogens (tertiary/aromatic N) is 1. The van der Waals surface area contributed by atoms with Crippen molar-refractivity contribution in [1.82, 2.24) is 10.2 Å². The van der Waals surface area contributed by atoms with Crippen LogP contribution < -0.4 is 20.1 Å². The second kappa shape index (κ2) is 9.90. The third-order valence-corrected chi connectivity index (χ3v) is 6.64. The van der Waals surface area contributed by atoms with E-state index in [-0.39, 0.29) is 5.41 Å². The molecule has 1 aromatic carbocycles. The molecule has 1 spiro atoms. The molecule has 0 radical (unpaired) electrons. The SMILES string of the molecule is COc1ccc(OC)c(NC(=O)COC(=O)CN2C(=O)NC3(CCC(C(C)(C)C)CC3)C2=O)c1. The zero-order valence-electron chi connectivity index (χ0n) is 20.4. The van der Waals surface area contributed by atoms with Gasteiger partial charge in [0.2, 0.25) is 0 Å². The summed E-state index contributed by atoms with van der Waals surface area (Å²) in [6, 6.07) is 4.26. The van der Waals surface area contributed by atoms with E-state index >= 15 is 0 Å². The molecule has 4 amide bonds. The summed E-state index contributed by atoms with van der Waals surface area (Å²) in [4.78, 5) is 50.9. The number of nitrogens with one attached hydrogen (secondary N) is 2. The van der Waals surface area contributed by atoms with Gasteiger partial charge in [0.15, 0.2) is 6.61 Å². The Morgan fingerprint density at radius 3 is 2.41 bits per heavy atom. The van der Waals surface area contributed by atoms with Crippen LogP contribution in [-0.2, 0) is 19.1 Å². The van der Waals surface area contributed by atoms with Crippen molar-refractivity contribution in [3.8, 4) is 11.5 Å². The van der Waals surface area contributed by atoms with Crippen LogP contribution in [0.15, 0.2) is 18.2 Å². The van der Waals surface area contributed by atoms with Gasteiger partial charge in [0.25, 0.3) is 11.8 Å². The zero-order valence-corrected chi connectivity index (χ0v) is 20.4. The number of methoxy groups -OCH3 is 2. The van der Waals surface area contributed by atoms with Crippen LogP contribution in [0.4, 0.5) is 10.5 Å². The van der Waals surface area contributed by atoms with Crippen molar-refractivity contribution in [3.63, 3.8) is 0 Å². The maximum absolute atomic E-state index is 13.0. The summed E-state index contributed by atoms with van der Waals surface area (Å²) in [6.07, 6.45) is 2.72. The molecule has 186 valence electrons. The monoisotopic (exact) mass is 475 g/mol. The molecule has 2 N–H and O–H groups in total. The largest absolute Gasteiger partial charge is 0.497 e. The second-order valence-electron chi connectivity index (χ2n) is 9.82. The number of anilines is 1. The number of carbonyl (C=O) groups is 4. The van der Waals surface area contributed by atoms with Crippen LogP contribution in [0, 0.1) is 11.3 Å². The minimum Gasteiger partial charge on any atom is -0.497 e. The molecular formula is C24H33N3O7. The molecule has 34 heavy (non-hydrogen) atoms. The lowest BCUT2D eigenvalue weighted by molar-refractivity contribution is -0.150. The average Bonchev–Trinajstić information content (AvgIpc) is 3.01. The van der Waals surface area contributed by atoms with Crippen LogP contribution in [-0.4, -0.2) is 61.6 Å². The van der Waals surface area contributed by atoms with Gasteiger partial charge >= 0.3 is 12.0 Å². The highest BCUT2D eigenvalue weighted by Gasteiger charge is 2.53. The Kier molecular flexibility index (Phi) is 7.38. The van der Waals surface area contributed by atoms with E-state index in [4.69, 9.17) is 14.2 Å². The molecule has 10 nitrogen and oxygen atoms in total. The summed E-state index contributed by atoms with van der Waals surface area (Å²) in [5.41, 5.74) is -0.476. The maximum Gasteiger partial charge on any atom is 0.326 e.